The van der Waals surface area contributed by atoms with Gasteiger partial charge < -0.3 is 9.64 Å². The quantitative estimate of drug-likeness (QED) is 0.773. The van der Waals surface area contributed by atoms with Crippen molar-refractivity contribution in [3.05, 3.63) is 29.8 Å². The smallest absolute Gasteiger partial charge is 0.410 e. The van der Waals surface area contributed by atoms with Crippen LogP contribution in [0.25, 0.3) is 0 Å². The van der Waals surface area contributed by atoms with Crippen LogP contribution in [0.4, 0.5) is 13.6 Å². The minimum atomic E-state index is -4.07. The molecular formula is C18H26F2N2O4S. The Labute approximate surface area is 159 Å². The summed E-state index contributed by atoms with van der Waals surface area (Å²) in [5.74, 6) is -2.04. The third kappa shape index (κ3) is 5.62. The Balaban J connectivity index is 2.08. The fourth-order valence-corrected chi connectivity index (χ4v) is 4.62. The van der Waals surface area contributed by atoms with Crippen molar-refractivity contribution in [1.29, 1.82) is 0 Å². The fraction of sp³-hybridized carbons (Fsp3) is 0.611. The molecule has 1 saturated heterocycles. The Morgan fingerprint density at radius 1 is 1.33 bits per heavy atom. The van der Waals surface area contributed by atoms with Crippen LogP contribution in [0.15, 0.2) is 23.1 Å². The van der Waals surface area contributed by atoms with Crippen LogP contribution < -0.4 is 0 Å². The maximum atomic E-state index is 14.0. The summed E-state index contributed by atoms with van der Waals surface area (Å²) in [5.41, 5.74) is -0.618. The van der Waals surface area contributed by atoms with E-state index in [2.05, 4.69) is 0 Å². The monoisotopic (exact) mass is 404 g/mol. The van der Waals surface area contributed by atoms with Gasteiger partial charge in [-0.3, -0.25) is 0 Å². The van der Waals surface area contributed by atoms with Gasteiger partial charge in [-0.15, -0.1) is 0 Å². The molecule has 9 heteroatoms. The van der Waals surface area contributed by atoms with E-state index in [1.807, 2.05) is 0 Å². The lowest BCUT2D eigenvalue weighted by Crippen LogP contribution is -2.45. The number of amides is 1. The molecule has 1 fully saturated rings. The topological polar surface area (TPSA) is 66.9 Å². The molecule has 152 valence electrons. The van der Waals surface area contributed by atoms with Crippen LogP contribution >= 0.6 is 0 Å². The molecule has 1 amide bonds. The summed E-state index contributed by atoms with van der Waals surface area (Å²) in [5, 5.41) is 0. The predicted octanol–water partition coefficient (Wildman–Crippen LogP) is 3.23. The lowest BCUT2D eigenvalue weighted by molar-refractivity contribution is 0.0258. The van der Waals surface area contributed by atoms with E-state index in [-0.39, 0.29) is 19.0 Å². The predicted molar refractivity (Wildman–Crippen MR) is 96.7 cm³/mol. The first-order chi connectivity index (χ1) is 12.4. The first kappa shape index (κ1) is 21.6. The number of hydrogen-bond acceptors (Lipinski definition) is 4. The molecule has 27 heavy (non-hydrogen) atoms. The number of hydrogen-bond donors (Lipinski definition) is 0. The summed E-state index contributed by atoms with van der Waals surface area (Å²) in [6.07, 6.45) is 0.854. The van der Waals surface area contributed by atoms with Crippen LogP contribution in [-0.4, -0.2) is 56.0 Å². The normalized spacial score (nSPS) is 19.0. The van der Waals surface area contributed by atoms with E-state index in [1.54, 1.807) is 27.8 Å². The average molecular weight is 404 g/mol. The lowest BCUT2D eigenvalue weighted by atomic mass is 9.99. The summed E-state index contributed by atoms with van der Waals surface area (Å²) < 4.78 is 59.0. The van der Waals surface area contributed by atoms with Gasteiger partial charge in [0.1, 0.15) is 22.1 Å². The number of piperidine rings is 1. The van der Waals surface area contributed by atoms with E-state index in [1.165, 1.54) is 9.21 Å². The Morgan fingerprint density at radius 2 is 2.00 bits per heavy atom. The van der Waals surface area contributed by atoms with Gasteiger partial charge >= 0.3 is 6.09 Å². The molecule has 6 nitrogen and oxygen atoms in total. The van der Waals surface area contributed by atoms with Gasteiger partial charge in [-0.25, -0.2) is 22.0 Å². The molecule has 0 aromatic heterocycles. The molecule has 1 aromatic carbocycles. The summed E-state index contributed by atoms with van der Waals surface area (Å²) in [6, 6.07) is 2.43. The molecule has 1 aliphatic rings. The number of sulfonamides is 1. The van der Waals surface area contributed by atoms with Gasteiger partial charge in [-0.05, 0) is 51.7 Å². The summed E-state index contributed by atoms with van der Waals surface area (Å²) in [6.45, 7) is 6.05. The van der Waals surface area contributed by atoms with Crippen molar-refractivity contribution >= 4 is 16.1 Å². The van der Waals surface area contributed by atoms with E-state index in [9.17, 15) is 22.0 Å². The van der Waals surface area contributed by atoms with E-state index < -0.39 is 38.2 Å². The second-order valence-corrected chi connectivity index (χ2v) is 9.71. The van der Waals surface area contributed by atoms with Crippen LogP contribution in [0.5, 0.6) is 0 Å². The van der Waals surface area contributed by atoms with Gasteiger partial charge in [0.15, 0.2) is 0 Å². The van der Waals surface area contributed by atoms with Gasteiger partial charge in [0, 0.05) is 32.7 Å². The van der Waals surface area contributed by atoms with Gasteiger partial charge in [-0.1, -0.05) is 0 Å². The zero-order valence-electron chi connectivity index (χ0n) is 16.0. The first-order valence-corrected chi connectivity index (χ1v) is 10.2. The number of halogens is 2. The van der Waals surface area contributed by atoms with Crippen LogP contribution in [0.1, 0.15) is 33.6 Å². The van der Waals surface area contributed by atoms with E-state index in [4.69, 9.17) is 4.74 Å². The largest absolute Gasteiger partial charge is 0.444 e. The molecule has 1 heterocycles. The number of carbonyl (C=O) groups is 1. The highest BCUT2D eigenvalue weighted by Crippen LogP contribution is 2.26. The highest BCUT2D eigenvalue weighted by molar-refractivity contribution is 7.89. The van der Waals surface area contributed by atoms with Crippen LogP contribution in [0, 0.1) is 17.6 Å². The molecule has 0 N–H and O–H groups in total. The van der Waals surface area contributed by atoms with E-state index in [0.717, 1.165) is 18.6 Å². The summed E-state index contributed by atoms with van der Waals surface area (Å²) in [7, 11) is -2.47. The molecule has 2 rings (SSSR count). The highest BCUT2D eigenvalue weighted by Gasteiger charge is 2.33. The van der Waals surface area contributed by atoms with E-state index >= 15 is 0 Å². The minimum Gasteiger partial charge on any atom is -0.444 e. The Bertz CT molecular complexity index is 793. The molecule has 0 spiro atoms. The SMILES string of the molecule is CN(CC1CCCN(S(=O)(=O)c2ccc(F)cc2F)C1)C(=O)OC(C)(C)C. The van der Waals surface area contributed by atoms with Crippen LogP contribution in [0.2, 0.25) is 0 Å². The standard InChI is InChI=1S/C18H26F2N2O4S/c1-18(2,3)26-17(23)21(4)11-13-6-5-9-22(12-13)27(24,25)16-8-7-14(19)10-15(16)20/h7-8,10,13H,5-6,9,11-12H2,1-4H3. The lowest BCUT2D eigenvalue weighted by Gasteiger charge is -2.34. The Hall–Kier alpha value is -1.74. The number of nitrogens with zero attached hydrogens (tertiary/aromatic N) is 2. The minimum absolute atomic E-state index is 0.102. The van der Waals surface area contributed by atoms with Crippen LogP contribution in [0.3, 0.4) is 0 Å². The Morgan fingerprint density at radius 3 is 2.59 bits per heavy atom. The molecule has 0 aliphatic carbocycles. The van der Waals surface area contributed by atoms with Crippen molar-refractivity contribution in [2.75, 3.05) is 26.7 Å². The first-order valence-electron chi connectivity index (χ1n) is 8.79. The molecule has 0 radical (unpaired) electrons. The third-order valence-electron chi connectivity index (χ3n) is 4.23. The van der Waals surface area contributed by atoms with Gasteiger partial charge in [-0.2, -0.15) is 4.31 Å². The van der Waals surface area contributed by atoms with Crippen molar-refractivity contribution in [3.63, 3.8) is 0 Å². The van der Waals surface area contributed by atoms with Crippen molar-refractivity contribution in [1.82, 2.24) is 9.21 Å². The molecule has 0 saturated carbocycles. The van der Waals surface area contributed by atoms with Crippen molar-refractivity contribution in [2.24, 2.45) is 5.92 Å². The van der Waals surface area contributed by atoms with Crippen molar-refractivity contribution in [3.8, 4) is 0 Å². The average Bonchev–Trinajstić information content (AvgIpc) is 2.53. The number of benzene rings is 1. The molecule has 1 unspecified atom stereocenters. The molecular weight excluding hydrogens is 378 g/mol. The summed E-state index contributed by atoms with van der Waals surface area (Å²) in [4.78, 5) is 13.0. The molecule has 1 aliphatic heterocycles. The van der Waals surface area contributed by atoms with Gasteiger partial charge in [0.2, 0.25) is 10.0 Å². The second-order valence-electron chi connectivity index (χ2n) is 7.81. The number of ether oxygens (including phenoxy) is 1. The van der Waals surface area contributed by atoms with E-state index in [0.29, 0.717) is 19.0 Å². The molecule has 0 bridgehead atoms. The highest BCUT2D eigenvalue weighted by atomic mass is 32.2. The zero-order chi connectivity index (χ0) is 20.4. The molecule has 1 atom stereocenters. The van der Waals surface area contributed by atoms with Crippen LogP contribution in [-0.2, 0) is 14.8 Å². The fourth-order valence-electron chi connectivity index (χ4n) is 3.02. The van der Waals surface area contributed by atoms with Gasteiger partial charge in [0.05, 0.1) is 0 Å². The Kier molecular flexibility index (Phi) is 6.47. The second kappa shape index (κ2) is 8.10. The summed E-state index contributed by atoms with van der Waals surface area (Å²) >= 11 is 0. The molecule has 1 aromatic rings. The zero-order valence-corrected chi connectivity index (χ0v) is 16.9. The maximum Gasteiger partial charge on any atom is 0.410 e. The number of rotatable bonds is 4. The van der Waals surface area contributed by atoms with Crippen molar-refractivity contribution < 1.29 is 26.7 Å². The van der Waals surface area contributed by atoms with Gasteiger partial charge in [0.25, 0.3) is 0 Å². The third-order valence-corrected chi connectivity index (χ3v) is 6.13. The number of carbonyl (C=O) groups excluding carboxylic acids is 1. The van der Waals surface area contributed by atoms with Crippen molar-refractivity contribution in [2.45, 2.75) is 44.1 Å². The maximum absolute atomic E-state index is 14.0.